The first-order valence-corrected chi connectivity index (χ1v) is 8.66. The number of halogens is 2. The molecule has 1 aromatic heterocycles. The summed E-state index contributed by atoms with van der Waals surface area (Å²) in [5.74, 6) is -1.04. The van der Waals surface area contributed by atoms with Gasteiger partial charge in [0.25, 0.3) is 0 Å². The Kier molecular flexibility index (Phi) is 5.63. The molecule has 0 aliphatic heterocycles. The number of nitrogens with zero attached hydrogens (tertiary/aromatic N) is 1. The molecule has 1 atom stereocenters. The minimum absolute atomic E-state index is 0.0114. The van der Waals surface area contributed by atoms with Crippen molar-refractivity contribution in [2.24, 2.45) is 0 Å². The Morgan fingerprint density at radius 2 is 2.23 bits per heavy atom. The van der Waals surface area contributed by atoms with Gasteiger partial charge in [-0.1, -0.05) is 0 Å². The van der Waals surface area contributed by atoms with Gasteiger partial charge in [0, 0.05) is 21.6 Å². The van der Waals surface area contributed by atoms with Gasteiger partial charge in [-0.05, 0) is 48.2 Å². The highest BCUT2D eigenvalue weighted by Gasteiger charge is 2.23. The first-order valence-electron chi connectivity index (χ1n) is 6.58. The maximum atomic E-state index is 14.4. The zero-order chi connectivity index (χ0) is 16.3. The summed E-state index contributed by atoms with van der Waals surface area (Å²) in [6.07, 6.45) is 3.31. The number of aromatic nitrogens is 1. The van der Waals surface area contributed by atoms with E-state index >= 15 is 0 Å². The van der Waals surface area contributed by atoms with Crippen LogP contribution in [0, 0.1) is 12.7 Å². The minimum Gasteiger partial charge on any atom is -0.465 e. The van der Waals surface area contributed by atoms with E-state index in [1.165, 1.54) is 6.07 Å². The minimum atomic E-state index is -0.911. The third kappa shape index (κ3) is 3.52. The molecule has 0 amide bonds. The van der Waals surface area contributed by atoms with Gasteiger partial charge in [0.15, 0.2) is 11.6 Å². The standard InChI is InChI=1S/C15H15BrFNO3S/c1-4-20-14(19)15(22-3)21-11-6-9-5-10(16)7-18-13(9)8(2)12(11)17/h5-7,15H,4H2,1-3H3. The normalized spacial score (nSPS) is 12.2. The van der Waals surface area contributed by atoms with E-state index in [2.05, 4.69) is 20.9 Å². The molecule has 2 rings (SSSR count). The van der Waals surface area contributed by atoms with Crippen molar-refractivity contribution >= 4 is 44.6 Å². The van der Waals surface area contributed by atoms with Crippen LogP contribution in [0.1, 0.15) is 12.5 Å². The van der Waals surface area contributed by atoms with Crippen molar-refractivity contribution in [1.29, 1.82) is 0 Å². The van der Waals surface area contributed by atoms with Gasteiger partial charge < -0.3 is 9.47 Å². The highest BCUT2D eigenvalue weighted by molar-refractivity contribution is 9.10. The lowest BCUT2D eigenvalue weighted by Gasteiger charge is -2.17. The molecule has 0 N–H and O–H groups in total. The quantitative estimate of drug-likeness (QED) is 0.571. The fourth-order valence-corrected chi connectivity index (χ4v) is 2.78. The molecular formula is C15H15BrFNO3S. The number of esters is 1. The van der Waals surface area contributed by atoms with E-state index in [1.807, 2.05) is 6.07 Å². The van der Waals surface area contributed by atoms with Gasteiger partial charge in [-0.15, -0.1) is 11.8 Å². The summed E-state index contributed by atoms with van der Waals surface area (Å²) >= 11 is 4.48. The SMILES string of the molecule is CCOC(=O)C(Oc1cc2cc(Br)cnc2c(C)c1F)SC. The Labute approximate surface area is 140 Å². The average Bonchev–Trinajstić information content (AvgIpc) is 2.49. The van der Waals surface area contributed by atoms with Gasteiger partial charge in [0.05, 0.1) is 12.1 Å². The number of hydrogen-bond donors (Lipinski definition) is 0. The van der Waals surface area contributed by atoms with E-state index in [0.717, 1.165) is 21.6 Å². The Hall–Kier alpha value is -1.34. The molecule has 0 fully saturated rings. The van der Waals surface area contributed by atoms with Crippen LogP contribution < -0.4 is 4.74 Å². The van der Waals surface area contributed by atoms with Crippen molar-refractivity contribution in [2.75, 3.05) is 12.9 Å². The molecule has 0 saturated heterocycles. The summed E-state index contributed by atoms with van der Waals surface area (Å²) in [5.41, 5.74) is 0.0278. The second kappa shape index (κ2) is 7.28. The summed E-state index contributed by atoms with van der Waals surface area (Å²) in [4.78, 5) is 16.0. The van der Waals surface area contributed by atoms with Crippen molar-refractivity contribution in [3.63, 3.8) is 0 Å². The van der Waals surface area contributed by atoms with Crippen LogP contribution in [-0.2, 0) is 9.53 Å². The molecular weight excluding hydrogens is 373 g/mol. The summed E-state index contributed by atoms with van der Waals surface area (Å²) in [7, 11) is 0. The highest BCUT2D eigenvalue weighted by atomic mass is 79.9. The fraction of sp³-hybridized carbons (Fsp3) is 0.333. The molecule has 7 heteroatoms. The van der Waals surface area contributed by atoms with E-state index in [1.54, 1.807) is 26.3 Å². The first-order chi connectivity index (χ1) is 10.5. The molecule has 0 bridgehead atoms. The van der Waals surface area contributed by atoms with Crippen LogP contribution in [0.25, 0.3) is 10.9 Å². The highest BCUT2D eigenvalue weighted by Crippen LogP contribution is 2.31. The van der Waals surface area contributed by atoms with Crippen LogP contribution in [0.2, 0.25) is 0 Å². The second-order valence-electron chi connectivity index (χ2n) is 4.48. The van der Waals surface area contributed by atoms with Crippen LogP contribution in [0.4, 0.5) is 4.39 Å². The van der Waals surface area contributed by atoms with Crippen LogP contribution in [-0.4, -0.2) is 29.3 Å². The summed E-state index contributed by atoms with van der Waals surface area (Å²) in [6.45, 7) is 3.58. The van der Waals surface area contributed by atoms with Gasteiger partial charge >= 0.3 is 5.97 Å². The van der Waals surface area contributed by atoms with Crippen molar-refractivity contribution in [3.8, 4) is 5.75 Å². The topological polar surface area (TPSA) is 48.4 Å². The van der Waals surface area contributed by atoms with Gasteiger partial charge in [-0.3, -0.25) is 4.98 Å². The Morgan fingerprint density at radius 1 is 1.50 bits per heavy atom. The van der Waals surface area contributed by atoms with Crippen molar-refractivity contribution in [3.05, 3.63) is 34.2 Å². The number of aryl methyl sites for hydroxylation is 1. The van der Waals surface area contributed by atoms with Gasteiger partial charge in [0.2, 0.25) is 5.44 Å². The number of benzene rings is 1. The van der Waals surface area contributed by atoms with Gasteiger partial charge in [-0.25, -0.2) is 9.18 Å². The Bertz CT molecular complexity index is 711. The maximum absolute atomic E-state index is 14.4. The number of carbonyl (C=O) groups excluding carboxylic acids is 1. The van der Waals surface area contributed by atoms with Crippen LogP contribution in [0.15, 0.2) is 22.8 Å². The number of carbonyl (C=O) groups is 1. The zero-order valence-corrected chi connectivity index (χ0v) is 14.8. The lowest BCUT2D eigenvalue weighted by molar-refractivity contribution is -0.147. The second-order valence-corrected chi connectivity index (χ2v) is 6.29. The monoisotopic (exact) mass is 387 g/mol. The molecule has 0 saturated carbocycles. The molecule has 0 aliphatic carbocycles. The molecule has 0 spiro atoms. The van der Waals surface area contributed by atoms with E-state index in [4.69, 9.17) is 9.47 Å². The molecule has 118 valence electrons. The first kappa shape index (κ1) is 17.0. The Morgan fingerprint density at radius 3 is 2.86 bits per heavy atom. The third-order valence-electron chi connectivity index (χ3n) is 3.00. The third-order valence-corrected chi connectivity index (χ3v) is 4.15. The number of rotatable bonds is 5. The molecule has 4 nitrogen and oxygen atoms in total. The van der Waals surface area contributed by atoms with E-state index in [9.17, 15) is 9.18 Å². The van der Waals surface area contributed by atoms with Gasteiger partial charge in [0.1, 0.15) is 0 Å². The molecule has 22 heavy (non-hydrogen) atoms. The summed E-state index contributed by atoms with van der Waals surface area (Å²) in [5, 5.41) is 0.729. The largest absolute Gasteiger partial charge is 0.465 e. The number of fused-ring (bicyclic) bond motifs is 1. The number of pyridine rings is 1. The molecule has 1 aromatic carbocycles. The number of thioether (sulfide) groups is 1. The van der Waals surface area contributed by atoms with Crippen molar-refractivity contribution in [2.45, 2.75) is 19.3 Å². The molecule has 2 aromatic rings. The average molecular weight is 388 g/mol. The number of ether oxygens (including phenoxy) is 2. The van der Waals surface area contributed by atoms with Crippen LogP contribution >= 0.6 is 27.7 Å². The van der Waals surface area contributed by atoms with E-state index < -0.39 is 17.2 Å². The maximum Gasteiger partial charge on any atom is 0.358 e. The number of hydrogen-bond acceptors (Lipinski definition) is 5. The lowest BCUT2D eigenvalue weighted by Crippen LogP contribution is -2.26. The zero-order valence-electron chi connectivity index (χ0n) is 12.4. The predicted octanol–water partition coefficient (Wildman–Crippen LogP) is 4.08. The molecule has 1 unspecified atom stereocenters. The van der Waals surface area contributed by atoms with Crippen molar-refractivity contribution in [1.82, 2.24) is 4.98 Å². The van der Waals surface area contributed by atoms with Gasteiger partial charge in [-0.2, -0.15) is 0 Å². The molecule has 1 heterocycles. The predicted molar refractivity (Wildman–Crippen MR) is 88.7 cm³/mol. The fourth-order valence-electron chi connectivity index (χ4n) is 1.98. The smallest absolute Gasteiger partial charge is 0.358 e. The summed E-state index contributed by atoms with van der Waals surface area (Å²) < 4.78 is 25.6. The molecule has 0 aliphatic rings. The molecule has 0 radical (unpaired) electrons. The van der Waals surface area contributed by atoms with Crippen LogP contribution in [0.5, 0.6) is 5.75 Å². The van der Waals surface area contributed by atoms with E-state index in [0.29, 0.717) is 11.1 Å². The Balaban J connectivity index is 2.42. The van der Waals surface area contributed by atoms with E-state index in [-0.39, 0.29) is 12.4 Å². The lowest BCUT2D eigenvalue weighted by atomic mass is 10.1. The summed E-state index contributed by atoms with van der Waals surface area (Å²) in [6, 6.07) is 3.36. The van der Waals surface area contributed by atoms with Crippen LogP contribution in [0.3, 0.4) is 0 Å². The van der Waals surface area contributed by atoms with Crippen molar-refractivity contribution < 1.29 is 18.7 Å².